The first-order valence-corrected chi connectivity index (χ1v) is 12.8. The van der Waals surface area contributed by atoms with Crippen molar-refractivity contribution < 1.29 is 14.3 Å². The number of nitrogens with zero attached hydrogens (tertiary/aromatic N) is 4. The Morgan fingerprint density at radius 1 is 1.06 bits per heavy atom. The number of hydrogen-bond donors (Lipinski definition) is 0. The lowest BCUT2D eigenvalue weighted by Gasteiger charge is -2.32. The van der Waals surface area contributed by atoms with Crippen molar-refractivity contribution in [3.8, 4) is 5.75 Å². The quantitative estimate of drug-likeness (QED) is 0.567. The van der Waals surface area contributed by atoms with Gasteiger partial charge in [0.2, 0.25) is 11.9 Å². The molecule has 0 N–H and O–H groups in total. The fraction of sp³-hybridized carbons (Fsp3) is 0.577. The summed E-state index contributed by atoms with van der Waals surface area (Å²) in [5.74, 6) is 4.27. The number of halogens is 1. The van der Waals surface area contributed by atoms with Crippen LogP contribution in [0.3, 0.4) is 0 Å². The van der Waals surface area contributed by atoms with Crippen molar-refractivity contribution in [3.63, 3.8) is 0 Å². The van der Waals surface area contributed by atoms with Crippen LogP contribution in [0.5, 0.6) is 5.75 Å². The molecule has 1 amide bonds. The van der Waals surface area contributed by atoms with E-state index < -0.39 is 0 Å². The first-order chi connectivity index (χ1) is 16.7. The van der Waals surface area contributed by atoms with Crippen molar-refractivity contribution in [3.05, 3.63) is 47.2 Å². The van der Waals surface area contributed by atoms with E-state index in [-0.39, 0.29) is 5.91 Å². The van der Waals surface area contributed by atoms with Crippen LogP contribution in [0.15, 0.2) is 36.7 Å². The monoisotopic (exact) mass is 484 g/mol. The van der Waals surface area contributed by atoms with E-state index in [1.165, 1.54) is 19.3 Å². The minimum absolute atomic E-state index is 0.170. The molecule has 182 valence electrons. The van der Waals surface area contributed by atoms with Crippen LogP contribution in [-0.2, 0) is 16.0 Å². The lowest BCUT2D eigenvalue weighted by molar-refractivity contribution is -0.134. The highest BCUT2D eigenvalue weighted by Gasteiger charge is 2.43. The highest BCUT2D eigenvalue weighted by molar-refractivity contribution is 6.30. The first-order valence-electron chi connectivity index (χ1n) is 12.5. The van der Waals surface area contributed by atoms with Gasteiger partial charge in [-0.3, -0.25) is 4.79 Å². The van der Waals surface area contributed by atoms with Gasteiger partial charge in [0, 0.05) is 26.2 Å². The molecule has 2 aromatic rings. The highest BCUT2D eigenvalue weighted by atomic mass is 35.5. The van der Waals surface area contributed by atoms with Crippen LogP contribution in [0.2, 0.25) is 5.02 Å². The molecule has 2 atom stereocenters. The minimum Gasteiger partial charge on any atom is -0.494 e. The summed E-state index contributed by atoms with van der Waals surface area (Å²) in [4.78, 5) is 25.3. The summed E-state index contributed by atoms with van der Waals surface area (Å²) in [6.45, 7) is 5.45. The summed E-state index contributed by atoms with van der Waals surface area (Å²) >= 11 is 5.90. The molecule has 1 saturated carbocycles. The summed E-state index contributed by atoms with van der Waals surface area (Å²) in [6, 6.07) is 7.99. The molecule has 5 rings (SSSR count). The molecule has 1 aromatic heterocycles. The Balaban J connectivity index is 0.992. The van der Waals surface area contributed by atoms with Gasteiger partial charge in [-0.2, -0.15) is 0 Å². The van der Waals surface area contributed by atoms with Crippen LogP contribution in [0.25, 0.3) is 0 Å². The number of hydrogen-bond acceptors (Lipinski definition) is 6. The smallest absolute Gasteiger partial charge is 0.227 e. The molecule has 0 bridgehead atoms. The second kappa shape index (κ2) is 10.9. The van der Waals surface area contributed by atoms with Gasteiger partial charge in [-0.05, 0) is 61.1 Å². The number of piperidine rings is 1. The fourth-order valence-corrected chi connectivity index (χ4v) is 5.41. The van der Waals surface area contributed by atoms with Crippen molar-refractivity contribution in [1.82, 2.24) is 14.9 Å². The number of ether oxygens (including phenoxy) is 2. The number of anilines is 1. The summed E-state index contributed by atoms with van der Waals surface area (Å²) in [5.41, 5.74) is 1.03. The molecule has 2 saturated heterocycles. The summed E-state index contributed by atoms with van der Waals surface area (Å²) in [7, 11) is 0. The van der Waals surface area contributed by atoms with Gasteiger partial charge in [0.05, 0.1) is 43.7 Å². The number of benzene rings is 1. The van der Waals surface area contributed by atoms with E-state index in [9.17, 15) is 4.79 Å². The van der Waals surface area contributed by atoms with Crippen LogP contribution in [0, 0.1) is 17.8 Å². The predicted molar refractivity (Wildman–Crippen MR) is 131 cm³/mol. The number of aromatic nitrogens is 2. The maximum absolute atomic E-state index is 12.4. The molecule has 3 heterocycles. The molecule has 1 aliphatic carbocycles. The molecule has 1 unspecified atom stereocenters. The number of carbonyl (C=O) groups is 1. The molecule has 8 heteroatoms. The Bertz CT molecular complexity index is 942. The Morgan fingerprint density at radius 2 is 1.76 bits per heavy atom. The third-order valence-corrected chi connectivity index (χ3v) is 7.61. The van der Waals surface area contributed by atoms with E-state index in [4.69, 9.17) is 21.1 Å². The second-order valence-electron chi connectivity index (χ2n) is 9.64. The molecule has 2 aliphatic heterocycles. The molecule has 0 spiro atoms. The summed E-state index contributed by atoms with van der Waals surface area (Å²) in [6.07, 6.45) is 8.64. The Labute approximate surface area is 206 Å². The van der Waals surface area contributed by atoms with Gasteiger partial charge in [0.15, 0.2) is 0 Å². The van der Waals surface area contributed by atoms with Crippen LogP contribution in [0.4, 0.5) is 5.95 Å². The van der Waals surface area contributed by atoms with Gasteiger partial charge < -0.3 is 19.3 Å². The van der Waals surface area contributed by atoms with Gasteiger partial charge in [-0.25, -0.2) is 9.97 Å². The van der Waals surface area contributed by atoms with Crippen molar-refractivity contribution in [2.24, 2.45) is 17.8 Å². The van der Waals surface area contributed by atoms with E-state index >= 15 is 0 Å². The second-order valence-corrected chi connectivity index (χ2v) is 10.1. The van der Waals surface area contributed by atoms with Crippen molar-refractivity contribution in [2.75, 3.05) is 50.9 Å². The predicted octanol–water partition coefficient (Wildman–Crippen LogP) is 3.85. The third-order valence-electron chi connectivity index (χ3n) is 7.41. The van der Waals surface area contributed by atoms with E-state index in [1.54, 1.807) is 12.4 Å². The number of carbonyl (C=O) groups excluding carboxylic acids is 1. The van der Waals surface area contributed by atoms with Crippen LogP contribution >= 0.6 is 11.6 Å². The topological polar surface area (TPSA) is 67.8 Å². The van der Waals surface area contributed by atoms with Gasteiger partial charge in [-0.15, -0.1) is 0 Å². The maximum atomic E-state index is 12.4. The lowest BCUT2D eigenvalue weighted by atomic mass is 9.90. The molecule has 0 radical (unpaired) electrons. The minimum atomic E-state index is 0.170. The molecule has 3 fully saturated rings. The maximum Gasteiger partial charge on any atom is 0.227 e. The standard InChI is InChI=1S/C26H33ClN4O3/c27-22-17-28-26(29-18-22)31-8-5-20(6-9-31)24-16-21(24)7-12-34-23-3-1-19(2-4-23)15-25(32)30-10-13-33-14-11-30/h1-4,17-18,20-21,24H,5-16H2/t21-,24?/m1/s1. The van der Waals surface area contributed by atoms with Crippen molar-refractivity contribution in [2.45, 2.75) is 32.1 Å². The fourth-order valence-electron chi connectivity index (χ4n) is 5.31. The normalized spacial score (nSPS) is 23.1. The molecule has 34 heavy (non-hydrogen) atoms. The van der Waals surface area contributed by atoms with E-state index in [0.717, 1.165) is 61.1 Å². The van der Waals surface area contributed by atoms with Gasteiger partial charge in [-0.1, -0.05) is 23.7 Å². The van der Waals surface area contributed by atoms with Crippen LogP contribution in [0.1, 0.15) is 31.2 Å². The SMILES string of the molecule is O=C(Cc1ccc(OCC[C@@H]2CC2C2CCN(c3ncc(Cl)cn3)CC2)cc1)N1CCOCC1. The number of amides is 1. The van der Waals surface area contributed by atoms with Gasteiger partial charge >= 0.3 is 0 Å². The Hall–Kier alpha value is -2.38. The zero-order valence-corrected chi connectivity index (χ0v) is 20.3. The zero-order valence-electron chi connectivity index (χ0n) is 19.6. The van der Waals surface area contributed by atoms with Crippen molar-refractivity contribution in [1.29, 1.82) is 0 Å². The average molecular weight is 485 g/mol. The molecule has 3 aliphatic rings. The van der Waals surface area contributed by atoms with E-state index in [1.807, 2.05) is 29.2 Å². The van der Waals surface area contributed by atoms with E-state index in [2.05, 4.69) is 14.9 Å². The van der Waals surface area contributed by atoms with Crippen LogP contribution < -0.4 is 9.64 Å². The zero-order chi connectivity index (χ0) is 23.3. The summed E-state index contributed by atoms with van der Waals surface area (Å²) in [5, 5.41) is 0.580. The number of morpholine rings is 1. The van der Waals surface area contributed by atoms with E-state index in [0.29, 0.717) is 37.7 Å². The first kappa shape index (κ1) is 23.4. The third kappa shape index (κ3) is 5.99. The molecule has 1 aromatic carbocycles. The van der Waals surface area contributed by atoms with Crippen LogP contribution in [-0.4, -0.2) is 66.8 Å². The molecule has 7 nitrogen and oxygen atoms in total. The summed E-state index contributed by atoms with van der Waals surface area (Å²) < 4.78 is 11.3. The highest BCUT2D eigenvalue weighted by Crippen LogP contribution is 2.49. The number of rotatable bonds is 8. The largest absolute Gasteiger partial charge is 0.494 e. The lowest BCUT2D eigenvalue weighted by Crippen LogP contribution is -2.41. The van der Waals surface area contributed by atoms with Crippen molar-refractivity contribution >= 4 is 23.5 Å². The van der Waals surface area contributed by atoms with Gasteiger partial charge in [0.25, 0.3) is 0 Å². The van der Waals surface area contributed by atoms with Gasteiger partial charge in [0.1, 0.15) is 5.75 Å². The molecular formula is C26H33ClN4O3. The average Bonchev–Trinajstić information content (AvgIpc) is 3.66. The molecular weight excluding hydrogens is 452 g/mol. The Morgan fingerprint density at radius 3 is 2.47 bits per heavy atom. The Kier molecular flexibility index (Phi) is 7.50.